The Bertz CT molecular complexity index is 865. The number of aromatic amines is 2. The molecule has 0 radical (unpaired) electrons. The van der Waals surface area contributed by atoms with Crippen LogP contribution in [-0.2, 0) is 4.79 Å². The molecule has 9 nitrogen and oxygen atoms in total. The van der Waals surface area contributed by atoms with E-state index in [0.717, 1.165) is 5.56 Å². The zero-order chi connectivity index (χ0) is 17.7. The molecule has 1 amide bonds. The zero-order valence-corrected chi connectivity index (χ0v) is 13.1. The predicted molar refractivity (Wildman–Crippen MR) is 84.9 cm³/mol. The Balaban J connectivity index is 1.98. The summed E-state index contributed by atoms with van der Waals surface area (Å²) in [5.74, 6) is -0.649. The number of nitrogens with zero attached hydrogens (tertiary/aromatic N) is 2. The first-order valence-electron chi connectivity index (χ1n) is 7.09. The van der Waals surface area contributed by atoms with E-state index in [4.69, 9.17) is 4.74 Å². The maximum Gasteiger partial charge on any atom is 0.328 e. The number of aromatic hydroxyl groups is 1. The molecule has 0 aliphatic heterocycles. The number of benzene rings is 1. The molecule has 24 heavy (non-hydrogen) atoms. The number of hydrogen-bond donors (Lipinski definition) is 3. The average Bonchev–Trinajstić information content (AvgIpc) is 2.52. The number of azo groups is 1. The lowest BCUT2D eigenvalue weighted by molar-refractivity contribution is -0.120. The van der Waals surface area contributed by atoms with E-state index in [9.17, 15) is 19.5 Å². The van der Waals surface area contributed by atoms with Crippen LogP contribution in [0.4, 0.5) is 5.69 Å². The number of amides is 1. The first-order valence-corrected chi connectivity index (χ1v) is 7.09. The third kappa shape index (κ3) is 4.38. The summed E-state index contributed by atoms with van der Waals surface area (Å²) in [6.07, 6.45) is 0. The molecule has 1 aromatic heterocycles. The van der Waals surface area contributed by atoms with Gasteiger partial charge in [-0.2, -0.15) is 0 Å². The highest BCUT2D eigenvalue weighted by molar-refractivity contribution is 5.78. The summed E-state index contributed by atoms with van der Waals surface area (Å²) in [6.45, 7) is 3.74. The number of nitrogens with one attached hydrogen (secondary N) is 2. The van der Waals surface area contributed by atoms with Crippen molar-refractivity contribution in [1.29, 1.82) is 0 Å². The Morgan fingerprint density at radius 2 is 1.88 bits per heavy atom. The largest absolute Gasteiger partial charge is 0.493 e. The molecule has 0 saturated carbocycles. The van der Waals surface area contributed by atoms with Crippen LogP contribution in [-0.4, -0.2) is 27.6 Å². The molecule has 9 heteroatoms. The van der Waals surface area contributed by atoms with Crippen LogP contribution in [0.1, 0.15) is 25.3 Å². The quantitative estimate of drug-likeness (QED) is 0.714. The number of H-pyrrole nitrogens is 2. The maximum atomic E-state index is 11.6. The minimum Gasteiger partial charge on any atom is -0.493 e. The molecule has 1 aromatic carbocycles. The fraction of sp³-hybridized carbons (Fsp3) is 0.267. The Morgan fingerprint density at radius 1 is 1.21 bits per heavy atom. The number of hydrogen-bond acceptors (Lipinski definition) is 6. The summed E-state index contributed by atoms with van der Waals surface area (Å²) < 4.78 is 5.26. The van der Waals surface area contributed by atoms with Gasteiger partial charge in [0.15, 0.2) is 6.61 Å². The topological polar surface area (TPSA) is 137 Å². The first-order chi connectivity index (χ1) is 11.4. The first kappa shape index (κ1) is 17.1. The van der Waals surface area contributed by atoms with Gasteiger partial charge < -0.3 is 9.84 Å². The van der Waals surface area contributed by atoms with E-state index >= 15 is 0 Å². The van der Waals surface area contributed by atoms with Crippen molar-refractivity contribution in [1.82, 2.24) is 9.97 Å². The number of ether oxygens (including phenoxy) is 1. The van der Waals surface area contributed by atoms with Crippen LogP contribution in [0.25, 0.3) is 0 Å². The van der Waals surface area contributed by atoms with Gasteiger partial charge in [-0.25, -0.2) is 4.79 Å². The standard InChI is InChI=1S/C15H16N4O5/c1-8(2)9-3-5-10(6-4-9)24-7-11(20)18-19-12-13(21)16-15(23)17-14(12)22/h3-6,8H,7H2,1-2H3,(H3,16,17,21,22,23). The van der Waals surface area contributed by atoms with Gasteiger partial charge in [-0.05, 0) is 23.6 Å². The highest BCUT2D eigenvalue weighted by Gasteiger charge is 2.09. The van der Waals surface area contributed by atoms with Crippen molar-refractivity contribution in [2.75, 3.05) is 6.61 Å². The highest BCUT2D eigenvalue weighted by atomic mass is 16.5. The summed E-state index contributed by atoms with van der Waals surface area (Å²) in [6, 6.07) is 7.25. The lowest BCUT2D eigenvalue weighted by Gasteiger charge is -2.07. The molecule has 0 fully saturated rings. The molecule has 1 heterocycles. The monoisotopic (exact) mass is 332 g/mol. The van der Waals surface area contributed by atoms with E-state index in [-0.39, 0.29) is 6.61 Å². The van der Waals surface area contributed by atoms with Crippen molar-refractivity contribution in [2.24, 2.45) is 10.2 Å². The van der Waals surface area contributed by atoms with Crippen LogP contribution in [0, 0.1) is 0 Å². The minimum absolute atomic E-state index is 0.382. The van der Waals surface area contributed by atoms with Crippen LogP contribution in [0.3, 0.4) is 0 Å². The molecule has 0 aliphatic rings. The van der Waals surface area contributed by atoms with Gasteiger partial charge >= 0.3 is 11.6 Å². The lowest BCUT2D eigenvalue weighted by atomic mass is 10.0. The second-order valence-corrected chi connectivity index (χ2v) is 5.21. The fourth-order valence-electron chi connectivity index (χ4n) is 1.79. The number of rotatable bonds is 5. The van der Waals surface area contributed by atoms with Crippen LogP contribution < -0.4 is 16.0 Å². The lowest BCUT2D eigenvalue weighted by Crippen LogP contribution is -2.21. The third-order valence-electron chi connectivity index (χ3n) is 3.07. The van der Waals surface area contributed by atoms with Crippen molar-refractivity contribution in [3.63, 3.8) is 0 Å². The molecule has 0 unspecified atom stereocenters. The second kappa shape index (κ2) is 7.36. The van der Waals surface area contributed by atoms with Crippen molar-refractivity contribution in [3.8, 4) is 11.6 Å². The summed E-state index contributed by atoms with van der Waals surface area (Å²) in [7, 11) is 0. The van der Waals surface area contributed by atoms with E-state index in [0.29, 0.717) is 11.7 Å². The molecule has 0 atom stereocenters. The van der Waals surface area contributed by atoms with Gasteiger partial charge in [-0.15, -0.1) is 10.2 Å². The molecular formula is C15H16N4O5. The summed E-state index contributed by atoms with van der Waals surface area (Å²) in [4.78, 5) is 37.7. The Labute approximate surface area is 136 Å². The SMILES string of the molecule is CC(C)c1ccc(OCC(=O)N=Nc2c(O)[nH]c(=O)[nH]c2=O)cc1. The van der Waals surface area contributed by atoms with Gasteiger partial charge in [0.2, 0.25) is 11.6 Å². The number of carbonyl (C=O) groups excluding carboxylic acids is 1. The Morgan fingerprint density at radius 3 is 2.46 bits per heavy atom. The van der Waals surface area contributed by atoms with E-state index in [2.05, 4.69) is 24.1 Å². The van der Waals surface area contributed by atoms with Crippen LogP contribution in [0.15, 0.2) is 44.1 Å². The molecule has 2 aromatic rings. The number of aromatic nitrogens is 2. The van der Waals surface area contributed by atoms with Crippen molar-refractivity contribution >= 4 is 11.6 Å². The van der Waals surface area contributed by atoms with Crippen molar-refractivity contribution < 1.29 is 14.6 Å². The van der Waals surface area contributed by atoms with Crippen LogP contribution in [0.5, 0.6) is 11.6 Å². The van der Waals surface area contributed by atoms with Crippen LogP contribution >= 0.6 is 0 Å². The smallest absolute Gasteiger partial charge is 0.328 e. The fourth-order valence-corrected chi connectivity index (χ4v) is 1.79. The van der Waals surface area contributed by atoms with Gasteiger partial charge in [0.25, 0.3) is 5.56 Å². The molecule has 3 N–H and O–H groups in total. The molecule has 0 spiro atoms. The Kier molecular flexibility index (Phi) is 5.25. The van der Waals surface area contributed by atoms with Gasteiger partial charge in [0.1, 0.15) is 5.75 Å². The molecule has 0 saturated heterocycles. The number of carbonyl (C=O) groups is 1. The molecule has 0 bridgehead atoms. The predicted octanol–water partition coefficient (Wildman–Crippen LogP) is 1.58. The summed E-state index contributed by atoms with van der Waals surface area (Å²) >= 11 is 0. The molecule has 126 valence electrons. The summed E-state index contributed by atoms with van der Waals surface area (Å²) in [5.41, 5.74) is -1.28. The Hall–Kier alpha value is -3.23. The van der Waals surface area contributed by atoms with Crippen molar-refractivity contribution in [3.05, 3.63) is 50.7 Å². The molecular weight excluding hydrogens is 316 g/mol. The average molecular weight is 332 g/mol. The molecule has 0 aliphatic carbocycles. The summed E-state index contributed by atoms with van der Waals surface area (Å²) in [5, 5.41) is 16.0. The van der Waals surface area contributed by atoms with Gasteiger partial charge in [0, 0.05) is 0 Å². The normalized spacial score (nSPS) is 11.1. The van der Waals surface area contributed by atoms with Gasteiger partial charge in [-0.1, -0.05) is 26.0 Å². The maximum absolute atomic E-state index is 11.6. The van der Waals surface area contributed by atoms with E-state index < -0.39 is 28.7 Å². The van der Waals surface area contributed by atoms with E-state index in [1.54, 1.807) is 12.1 Å². The highest BCUT2D eigenvalue weighted by Crippen LogP contribution is 2.19. The van der Waals surface area contributed by atoms with Crippen molar-refractivity contribution in [2.45, 2.75) is 19.8 Å². The molecule has 2 rings (SSSR count). The second-order valence-electron chi connectivity index (χ2n) is 5.21. The van der Waals surface area contributed by atoms with E-state index in [1.165, 1.54) is 0 Å². The van der Waals surface area contributed by atoms with E-state index in [1.807, 2.05) is 22.1 Å². The van der Waals surface area contributed by atoms with Gasteiger partial charge in [0.05, 0.1) is 0 Å². The van der Waals surface area contributed by atoms with Gasteiger partial charge in [-0.3, -0.25) is 19.6 Å². The minimum atomic E-state index is -0.960. The van der Waals surface area contributed by atoms with Crippen LogP contribution in [0.2, 0.25) is 0 Å². The zero-order valence-electron chi connectivity index (χ0n) is 13.1. The third-order valence-corrected chi connectivity index (χ3v) is 3.07.